The van der Waals surface area contributed by atoms with Crippen molar-refractivity contribution in [3.05, 3.63) is 34.9 Å². The van der Waals surface area contributed by atoms with Gasteiger partial charge in [-0.15, -0.1) is 0 Å². The minimum absolute atomic E-state index is 0.631. The van der Waals surface area contributed by atoms with E-state index in [1.165, 1.54) is 6.08 Å². The van der Waals surface area contributed by atoms with Gasteiger partial charge in [-0.1, -0.05) is 13.3 Å². The molecular formula is C16H22O3. The Morgan fingerprint density at radius 3 is 2.47 bits per heavy atom. The summed E-state index contributed by atoms with van der Waals surface area (Å²) in [6, 6.07) is 4.00. The molecule has 19 heavy (non-hydrogen) atoms. The van der Waals surface area contributed by atoms with Crippen molar-refractivity contribution in [1.82, 2.24) is 0 Å². The van der Waals surface area contributed by atoms with E-state index < -0.39 is 5.97 Å². The highest BCUT2D eigenvalue weighted by molar-refractivity contribution is 5.90. The molecular weight excluding hydrogens is 240 g/mol. The number of benzene rings is 1. The Labute approximate surface area is 114 Å². The van der Waals surface area contributed by atoms with E-state index in [9.17, 15) is 4.79 Å². The van der Waals surface area contributed by atoms with Gasteiger partial charge in [0, 0.05) is 6.08 Å². The maximum absolute atomic E-state index is 10.9. The molecule has 0 saturated heterocycles. The number of hydrogen-bond acceptors (Lipinski definition) is 2. The van der Waals surface area contributed by atoms with Crippen LogP contribution in [-0.4, -0.2) is 17.7 Å². The summed E-state index contributed by atoms with van der Waals surface area (Å²) in [5.74, 6) is -0.0238. The van der Waals surface area contributed by atoms with Crippen molar-refractivity contribution in [2.24, 2.45) is 0 Å². The summed E-state index contributed by atoms with van der Waals surface area (Å²) < 4.78 is 5.56. The molecule has 1 aromatic carbocycles. The zero-order valence-corrected chi connectivity index (χ0v) is 12.1. The number of allylic oxidation sites excluding steroid dienone is 1. The molecule has 0 bridgehead atoms. The number of rotatable bonds is 6. The number of aliphatic carboxylic acids is 1. The van der Waals surface area contributed by atoms with Gasteiger partial charge in [0.05, 0.1) is 6.61 Å². The van der Waals surface area contributed by atoms with Crippen LogP contribution >= 0.6 is 0 Å². The molecule has 1 N–H and O–H groups in total. The summed E-state index contributed by atoms with van der Waals surface area (Å²) in [5, 5.41) is 8.97. The van der Waals surface area contributed by atoms with Gasteiger partial charge in [0.25, 0.3) is 0 Å². The zero-order valence-electron chi connectivity index (χ0n) is 12.1. The van der Waals surface area contributed by atoms with E-state index >= 15 is 0 Å². The van der Waals surface area contributed by atoms with Gasteiger partial charge in [0.2, 0.25) is 0 Å². The monoisotopic (exact) mass is 262 g/mol. The number of carbonyl (C=O) groups is 1. The molecule has 0 aromatic heterocycles. The minimum atomic E-state index is -0.894. The van der Waals surface area contributed by atoms with Gasteiger partial charge in [-0.25, -0.2) is 4.79 Å². The molecule has 1 aromatic rings. The predicted octanol–water partition coefficient (Wildman–Crippen LogP) is 3.97. The first-order valence-electron chi connectivity index (χ1n) is 6.67. The molecule has 0 saturated carbocycles. The van der Waals surface area contributed by atoms with Crippen LogP contribution in [0.3, 0.4) is 0 Å². The molecule has 0 atom stereocenters. The van der Waals surface area contributed by atoms with E-state index in [0.29, 0.717) is 6.61 Å². The third-order valence-electron chi connectivity index (χ3n) is 2.98. The molecule has 0 aliphatic heterocycles. The Morgan fingerprint density at radius 1 is 1.26 bits per heavy atom. The van der Waals surface area contributed by atoms with E-state index in [1.807, 2.05) is 39.8 Å². The third kappa shape index (κ3) is 4.12. The summed E-state index contributed by atoms with van der Waals surface area (Å²) in [6.07, 6.45) is 3.00. The topological polar surface area (TPSA) is 46.5 Å². The Balaban J connectivity index is 3.24. The molecule has 0 amide bonds. The van der Waals surface area contributed by atoms with Crippen LogP contribution in [0.1, 0.15) is 43.4 Å². The molecule has 3 heteroatoms. The first-order chi connectivity index (χ1) is 8.99. The average molecular weight is 262 g/mol. The SMILES string of the molecule is CCC/C(=C\C(=O)O)c1cc(C)c(OCC)cc1C. The maximum Gasteiger partial charge on any atom is 0.328 e. The first-order valence-corrected chi connectivity index (χ1v) is 6.67. The molecule has 0 radical (unpaired) electrons. The standard InChI is InChI=1S/C16H22O3/c1-5-7-13(10-16(17)18)14-8-12(4)15(19-6-2)9-11(14)3/h8-10H,5-7H2,1-4H3,(H,17,18)/b13-10+. The summed E-state index contributed by atoms with van der Waals surface area (Å²) in [7, 11) is 0. The Kier molecular flexibility index (Phi) is 5.61. The molecule has 0 aliphatic carbocycles. The molecule has 0 spiro atoms. The van der Waals surface area contributed by atoms with Crippen molar-refractivity contribution in [3.8, 4) is 5.75 Å². The van der Waals surface area contributed by atoms with Gasteiger partial charge in [0.1, 0.15) is 5.75 Å². The van der Waals surface area contributed by atoms with Gasteiger partial charge in [-0.05, 0) is 61.6 Å². The smallest absolute Gasteiger partial charge is 0.328 e. The van der Waals surface area contributed by atoms with Gasteiger partial charge >= 0.3 is 5.97 Å². The van der Waals surface area contributed by atoms with Crippen molar-refractivity contribution < 1.29 is 14.6 Å². The van der Waals surface area contributed by atoms with E-state index in [2.05, 4.69) is 0 Å². The van der Waals surface area contributed by atoms with Crippen LogP contribution in [0, 0.1) is 13.8 Å². The fourth-order valence-corrected chi connectivity index (χ4v) is 2.15. The van der Waals surface area contributed by atoms with E-state index in [-0.39, 0.29) is 0 Å². The molecule has 104 valence electrons. The van der Waals surface area contributed by atoms with Crippen molar-refractivity contribution in [3.63, 3.8) is 0 Å². The highest BCUT2D eigenvalue weighted by Gasteiger charge is 2.10. The quantitative estimate of drug-likeness (QED) is 0.789. The van der Waals surface area contributed by atoms with Gasteiger partial charge < -0.3 is 9.84 Å². The van der Waals surface area contributed by atoms with Crippen LogP contribution in [0.25, 0.3) is 5.57 Å². The van der Waals surface area contributed by atoms with E-state index in [0.717, 1.165) is 40.9 Å². The first kappa shape index (κ1) is 15.3. The van der Waals surface area contributed by atoms with Crippen LogP contribution in [0.4, 0.5) is 0 Å². The Hall–Kier alpha value is -1.77. The second-order valence-corrected chi connectivity index (χ2v) is 4.62. The predicted molar refractivity (Wildman–Crippen MR) is 77.6 cm³/mol. The fraction of sp³-hybridized carbons (Fsp3) is 0.438. The molecule has 3 nitrogen and oxygen atoms in total. The lowest BCUT2D eigenvalue weighted by atomic mass is 9.94. The van der Waals surface area contributed by atoms with Crippen LogP contribution in [0.2, 0.25) is 0 Å². The molecule has 0 unspecified atom stereocenters. The van der Waals surface area contributed by atoms with Gasteiger partial charge in [-0.2, -0.15) is 0 Å². The maximum atomic E-state index is 10.9. The molecule has 0 heterocycles. The van der Waals surface area contributed by atoms with Crippen LogP contribution < -0.4 is 4.74 Å². The Morgan fingerprint density at radius 2 is 1.95 bits per heavy atom. The molecule has 0 fully saturated rings. The lowest BCUT2D eigenvalue weighted by Crippen LogP contribution is -1.99. The summed E-state index contributed by atoms with van der Waals surface area (Å²) in [6.45, 7) is 8.61. The van der Waals surface area contributed by atoms with Gasteiger partial charge in [-0.3, -0.25) is 0 Å². The number of carboxylic acids is 1. The summed E-state index contributed by atoms with van der Waals surface area (Å²) >= 11 is 0. The second-order valence-electron chi connectivity index (χ2n) is 4.62. The summed E-state index contributed by atoms with van der Waals surface area (Å²) in [5.41, 5.74) is 3.97. The van der Waals surface area contributed by atoms with E-state index in [1.54, 1.807) is 0 Å². The second kappa shape index (κ2) is 6.98. The Bertz CT molecular complexity index is 487. The largest absolute Gasteiger partial charge is 0.494 e. The number of ether oxygens (including phenoxy) is 1. The van der Waals surface area contributed by atoms with E-state index in [4.69, 9.17) is 9.84 Å². The average Bonchev–Trinajstić information content (AvgIpc) is 2.32. The number of aryl methyl sites for hydroxylation is 2. The van der Waals surface area contributed by atoms with Crippen LogP contribution in [0.15, 0.2) is 18.2 Å². The summed E-state index contributed by atoms with van der Waals surface area (Å²) in [4.78, 5) is 10.9. The fourth-order valence-electron chi connectivity index (χ4n) is 2.15. The van der Waals surface area contributed by atoms with Crippen molar-refractivity contribution in [2.75, 3.05) is 6.61 Å². The van der Waals surface area contributed by atoms with Crippen LogP contribution in [0.5, 0.6) is 5.75 Å². The zero-order chi connectivity index (χ0) is 14.4. The van der Waals surface area contributed by atoms with Crippen molar-refractivity contribution in [1.29, 1.82) is 0 Å². The third-order valence-corrected chi connectivity index (χ3v) is 2.98. The van der Waals surface area contributed by atoms with Crippen LogP contribution in [-0.2, 0) is 4.79 Å². The highest BCUT2D eigenvalue weighted by atomic mass is 16.5. The number of carboxylic acid groups (broad SMARTS) is 1. The minimum Gasteiger partial charge on any atom is -0.494 e. The van der Waals surface area contributed by atoms with Crippen molar-refractivity contribution in [2.45, 2.75) is 40.5 Å². The lowest BCUT2D eigenvalue weighted by molar-refractivity contribution is -0.131. The highest BCUT2D eigenvalue weighted by Crippen LogP contribution is 2.29. The van der Waals surface area contributed by atoms with Crippen molar-refractivity contribution >= 4 is 11.5 Å². The molecule has 1 rings (SSSR count). The lowest BCUT2D eigenvalue weighted by Gasteiger charge is -2.14. The van der Waals surface area contributed by atoms with Gasteiger partial charge in [0.15, 0.2) is 0 Å². The number of hydrogen-bond donors (Lipinski definition) is 1. The molecule has 0 aliphatic rings. The normalized spacial score (nSPS) is 11.5.